The first-order valence-corrected chi connectivity index (χ1v) is 8.58. The molecule has 0 saturated heterocycles. The zero-order chi connectivity index (χ0) is 17.3. The Kier molecular flexibility index (Phi) is 4.53. The Bertz CT molecular complexity index is 898. The Hall–Kier alpha value is -2.41. The number of thioether (sulfide) groups is 1. The van der Waals surface area contributed by atoms with E-state index in [9.17, 15) is 9.59 Å². The van der Waals surface area contributed by atoms with Crippen LogP contribution in [0.5, 0.6) is 0 Å². The van der Waals surface area contributed by atoms with Crippen LogP contribution in [0.1, 0.15) is 20.8 Å². The van der Waals surface area contributed by atoms with Crippen molar-refractivity contribution in [3.63, 3.8) is 0 Å². The Morgan fingerprint density at radius 1 is 1.21 bits per heavy atom. The minimum Gasteiger partial charge on any atom is -0.360 e. The summed E-state index contributed by atoms with van der Waals surface area (Å²) in [6.07, 6.45) is 1.91. The van der Waals surface area contributed by atoms with E-state index in [0.717, 1.165) is 34.1 Å². The molecule has 0 bridgehead atoms. The highest BCUT2D eigenvalue weighted by molar-refractivity contribution is 8.01. The van der Waals surface area contributed by atoms with Gasteiger partial charge in [-0.3, -0.25) is 9.59 Å². The molecule has 0 fully saturated rings. The number of nitrogens with zero attached hydrogens (tertiary/aromatic N) is 3. The van der Waals surface area contributed by atoms with Crippen LogP contribution in [-0.4, -0.2) is 36.6 Å². The smallest absolute Gasteiger partial charge is 0.192 e. The van der Waals surface area contributed by atoms with Crippen molar-refractivity contribution in [1.82, 2.24) is 19.7 Å². The van der Waals surface area contributed by atoms with E-state index in [2.05, 4.69) is 15.2 Å². The van der Waals surface area contributed by atoms with E-state index < -0.39 is 5.25 Å². The molecule has 3 aromatic rings. The molecule has 2 aromatic heterocycles. The Morgan fingerprint density at radius 3 is 2.58 bits per heavy atom. The predicted molar refractivity (Wildman–Crippen MR) is 94.0 cm³/mol. The van der Waals surface area contributed by atoms with Crippen molar-refractivity contribution < 1.29 is 9.59 Å². The second-order valence-electron chi connectivity index (χ2n) is 5.52. The van der Waals surface area contributed by atoms with Crippen LogP contribution in [0, 0.1) is 0 Å². The Labute approximate surface area is 143 Å². The van der Waals surface area contributed by atoms with Gasteiger partial charge in [-0.1, -0.05) is 30.0 Å². The van der Waals surface area contributed by atoms with Gasteiger partial charge < -0.3 is 9.55 Å². The molecule has 3 rings (SSSR count). The van der Waals surface area contributed by atoms with Crippen molar-refractivity contribution in [2.75, 3.05) is 0 Å². The summed E-state index contributed by atoms with van der Waals surface area (Å²) in [6, 6.07) is 7.97. The summed E-state index contributed by atoms with van der Waals surface area (Å²) in [7, 11) is 0. The van der Waals surface area contributed by atoms with Crippen LogP contribution in [0.3, 0.4) is 0 Å². The molecule has 0 saturated carbocycles. The van der Waals surface area contributed by atoms with Gasteiger partial charge in [-0.25, -0.2) is 0 Å². The summed E-state index contributed by atoms with van der Waals surface area (Å²) < 4.78 is 1.93. The maximum absolute atomic E-state index is 11.7. The SMILES string of the molecule is CCn1c(SC(C(C)=O)C(C)=O)nnc1-c1c[nH]c2ccccc12. The molecule has 0 aliphatic rings. The van der Waals surface area contributed by atoms with Crippen molar-refractivity contribution >= 4 is 34.2 Å². The van der Waals surface area contributed by atoms with Gasteiger partial charge in [-0.05, 0) is 26.8 Å². The van der Waals surface area contributed by atoms with Crippen LogP contribution >= 0.6 is 11.8 Å². The fourth-order valence-electron chi connectivity index (χ4n) is 2.67. The summed E-state index contributed by atoms with van der Waals surface area (Å²) in [6.45, 7) is 5.48. The van der Waals surface area contributed by atoms with Crippen LogP contribution < -0.4 is 0 Å². The number of aromatic amines is 1. The van der Waals surface area contributed by atoms with Crippen LogP contribution in [0.4, 0.5) is 0 Å². The van der Waals surface area contributed by atoms with E-state index in [4.69, 9.17) is 0 Å². The summed E-state index contributed by atoms with van der Waals surface area (Å²) in [5.41, 5.74) is 1.98. The summed E-state index contributed by atoms with van der Waals surface area (Å²) >= 11 is 1.16. The lowest BCUT2D eigenvalue weighted by Gasteiger charge is -2.11. The number of aromatic nitrogens is 4. The number of ketones is 2. The second kappa shape index (κ2) is 6.60. The molecule has 0 radical (unpaired) electrons. The summed E-state index contributed by atoms with van der Waals surface area (Å²) in [5.74, 6) is 0.377. The van der Waals surface area contributed by atoms with Crippen molar-refractivity contribution in [3.8, 4) is 11.4 Å². The van der Waals surface area contributed by atoms with E-state index in [0.29, 0.717) is 11.7 Å². The number of benzene rings is 1. The van der Waals surface area contributed by atoms with Gasteiger partial charge in [0.2, 0.25) is 0 Å². The molecule has 0 aliphatic heterocycles. The normalized spacial score (nSPS) is 11.3. The number of Topliss-reactive ketones (excluding diaryl/α,β-unsaturated/α-hetero) is 2. The van der Waals surface area contributed by atoms with Crippen molar-refractivity contribution in [2.45, 2.75) is 37.7 Å². The van der Waals surface area contributed by atoms with Gasteiger partial charge in [-0.15, -0.1) is 10.2 Å². The van der Waals surface area contributed by atoms with E-state index in [1.54, 1.807) is 0 Å². The standard InChI is InChI=1S/C17H18N4O2S/c1-4-21-16(13-9-18-14-8-6-5-7-12(13)14)19-20-17(21)24-15(10(2)22)11(3)23/h5-9,15,18H,4H2,1-3H3. The van der Waals surface area contributed by atoms with E-state index in [-0.39, 0.29) is 11.6 Å². The molecule has 1 N–H and O–H groups in total. The van der Waals surface area contributed by atoms with Crippen molar-refractivity contribution in [2.24, 2.45) is 0 Å². The number of H-pyrrole nitrogens is 1. The lowest BCUT2D eigenvalue weighted by Crippen LogP contribution is -2.22. The number of fused-ring (bicyclic) bond motifs is 1. The summed E-state index contributed by atoms with van der Waals surface area (Å²) in [4.78, 5) is 26.6. The molecule has 0 atom stereocenters. The Morgan fingerprint density at radius 2 is 1.92 bits per heavy atom. The van der Waals surface area contributed by atoms with Gasteiger partial charge in [0, 0.05) is 29.2 Å². The van der Waals surface area contributed by atoms with Gasteiger partial charge in [-0.2, -0.15) is 0 Å². The van der Waals surface area contributed by atoms with Crippen LogP contribution in [0.15, 0.2) is 35.6 Å². The van der Waals surface area contributed by atoms with E-state index in [1.165, 1.54) is 13.8 Å². The Balaban J connectivity index is 2.04. The number of carbonyl (C=O) groups excluding carboxylic acids is 2. The van der Waals surface area contributed by atoms with Crippen LogP contribution in [-0.2, 0) is 16.1 Å². The number of nitrogens with one attached hydrogen (secondary N) is 1. The zero-order valence-corrected chi connectivity index (χ0v) is 14.6. The first-order chi connectivity index (χ1) is 11.5. The monoisotopic (exact) mass is 342 g/mol. The average Bonchev–Trinajstić information content (AvgIpc) is 3.14. The van der Waals surface area contributed by atoms with Gasteiger partial charge >= 0.3 is 0 Å². The van der Waals surface area contributed by atoms with Crippen LogP contribution in [0.25, 0.3) is 22.3 Å². The number of carbonyl (C=O) groups is 2. The van der Waals surface area contributed by atoms with Crippen molar-refractivity contribution in [3.05, 3.63) is 30.5 Å². The molecule has 0 amide bonds. The average molecular weight is 342 g/mol. The molecule has 24 heavy (non-hydrogen) atoms. The molecule has 0 aliphatic carbocycles. The zero-order valence-electron chi connectivity index (χ0n) is 13.7. The molecular weight excluding hydrogens is 324 g/mol. The van der Waals surface area contributed by atoms with E-state index >= 15 is 0 Å². The third-order valence-electron chi connectivity index (χ3n) is 3.82. The molecule has 0 unspecified atom stereocenters. The molecule has 1 aromatic carbocycles. The number of hydrogen-bond donors (Lipinski definition) is 1. The third kappa shape index (κ3) is 2.87. The predicted octanol–water partition coefficient (Wildman–Crippen LogP) is 3.09. The minimum atomic E-state index is -0.740. The third-order valence-corrected chi connectivity index (χ3v) is 5.24. The van der Waals surface area contributed by atoms with Gasteiger partial charge in [0.15, 0.2) is 22.5 Å². The highest BCUT2D eigenvalue weighted by atomic mass is 32.2. The molecule has 6 nitrogen and oxygen atoms in total. The summed E-state index contributed by atoms with van der Waals surface area (Å²) in [5, 5.41) is 9.41. The molecule has 0 spiro atoms. The second-order valence-corrected chi connectivity index (χ2v) is 6.59. The molecule has 124 valence electrons. The number of hydrogen-bond acceptors (Lipinski definition) is 5. The van der Waals surface area contributed by atoms with E-state index in [1.807, 2.05) is 42.0 Å². The quantitative estimate of drug-likeness (QED) is 0.550. The fraction of sp³-hybridized carbons (Fsp3) is 0.294. The fourth-order valence-corrected chi connectivity index (χ4v) is 3.65. The molecule has 2 heterocycles. The molecular formula is C17H18N4O2S. The topological polar surface area (TPSA) is 80.6 Å². The largest absolute Gasteiger partial charge is 0.360 e. The highest BCUT2D eigenvalue weighted by Crippen LogP contribution is 2.31. The maximum atomic E-state index is 11.7. The van der Waals surface area contributed by atoms with Crippen molar-refractivity contribution in [1.29, 1.82) is 0 Å². The van der Waals surface area contributed by atoms with Gasteiger partial charge in [0.25, 0.3) is 0 Å². The first kappa shape index (κ1) is 16.4. The highest BCUT2D eigenvalue weighted by Gasteiger charge is 2.25. The minimum absolute atomic E-state index is 0.174. The molecule has 7 heteroatoms. The number of para-hydroxylation sites is 1. The lowest BCUT2D eigenvalue weighted by atomic mass is 10.1. The first-order valence-electron chi connectivity index (χ1n) is 7.70. The lowest BCUT2D eigenvalue weighted by molar-refractivity contribution is -0.123. The number of rotatable bonds is 6. The van der Waals surface area contributed by atoms with Crippen LogP contribution in [0.2, 0.25) is 0 Å². The maximum Gasteiger partial charge on any atom is 0.192 e. The van der Waals surface area contributed by atoms with Gasteiger partial charge in [0.05, 0.1) is 0 Å². The van der Waals surface area contributed by atoms with Gasteiger partial charge in [0.1, 0.15) is 5.25 Å².